The van der Waals surface area contributed by atoms with Gasteiger partial charge in [0.2, 0.25) is 0 Å². The van der Waals surface area contributed by atoms with Gasteiger partial charge in [-0.2, -0.15) is 0 Å². The second kappa shape index (κ2) is 8.66. The molecule has 2 N–H and O–H groups in total. The number of para-hydroxylation sites is 1. The van der Waals surface area contributed by atoms with Crippen molar-refractivity contribution < 1.29 is 14.4 Å². The lowest BCUT2D eigenvalue weighted by Crippen LogP contribution is -2.01. The van der Waals surface area contributed by atoms with Crippen LogP contribution >= 0.6 is 7.60 Å². The summed E-state index contributed by atoms with van der Waals surface area (Å²) in [5, 5.41) is 1.26. The van der Waals surface area contributed by atoms with Gasteiger partial charge in [0.05, 0.1) is 5.66 Å². The summed E-state index contributed by atoms with van der Waals surface area (Å²) in [4.78, 5) is 18.2. The minimum Gasteiger partial charge on any atom is -0.343 e. The van der Waals surface area contributed by atoms with Gasteiger partial charge in [-0.3, -0.25) is 4.57 Å². The van der Waals surface area contributed by atoms with Crippen molar-refractivity contribution in [2.75, 3.05) is 0 Å². The maximum atomic E-state index is 11.1. The summed E-state index contributed by atoms with van der Waals surface area (Å²) < 4.78 is 13.4. The van der Waals surface area contributed by atoms with Gasteiger partial charge in [0, 0.05) is 18.3 Å². The first kappa shape index (κ1) is 19.7. The summed E-state index contributed by atoms with van der Waals surface area (Å²) in [7, 11) is -3.97. The van der Waals surface area contributed by atoms with Crippen LogP contribution in [0.4, 0.5) is 0 Å². The Labute approximate surface area is 150 Å². The Morgan fingerprint density at radius 2 is 1.88 bits per heavy atom. The third-order valence-electron chi connectivity index (χ3n) is 4.51. The fourth-order valence-corrected chi connectivity index (χ4v) is 3.15. The third-order valence-corrected chi connectivity index (χ3v) is 5.87. The van der Waals surface area contributed by atoms with E-state index in [0.717, 1.165) is 19.4 Å². The molecule has 136 valence electrons. The number of aromatic nitrogens is 1. The zero-order valence-corrected chi connectivity index (χ0v) is 16.1. The summed E-state index contributed by atoms with van der Waals surface area (Å²) in [5.74, 6) is 0. The first-order valence-electron chi connectivity index (χ1n) is 8.67. The van der Waals surface area contributed by atoms with Crippen LogP contribution < -0.4 is 0 Å². The normalized spacial score (nSPS) is 14.9. The van der Waals surface area contributed by atoms with E-state index in [1.54, 1.807) is 6.92 Å². The molecular formula is C20H28NO3P. The van der Waals surface area contributed by atoms with Crippen LogP contribution in [0.25, 0.3) is 10.9 Å². The van der Waals surface area contributed by atoms with Crippen LogP contribution in [0.15, 0.2) is 59.8 Å². The first-order chi connectivity index (χ1) is 11.8. The molecule has 0 spiro atoms. The second-order valence-electron chi connectivity index (χ2n) is 6.82. The molecule has 0 saturated carbocycles. The molecule has 0 amide bonds. The van der Waals surface area contributed by atoms with Gasteiger partial charge in [-0.1, -0.05) is 48.4 Å². The van der Waals surface area contributed by atoms with Crippen LogP contribution in [-0.4, -0.2) is 20.0 Å². The smallest absolute Gasteiger partial charge is 0.328 e. The topological polar surface area (TPSA) is 62.5 Å². The predicted octanol–water partition coefficient (Wildman–Crippen LogP) is 5.27. The van der Waals surface area contributed by atoms with Gasteiger partial charge in [-0.25, -0.2) is 0 Å². The van der Waals surface area contributed by atoms with E-state index < -0.39 is 13.3 Å². The van der Waals surface area contributed by atoms with Crippen molar-refractivity contribution in [2.24, 2.45) is 0 Å². The Kier molecular flexibility index (Phi) is 6.83. The second-order valence-corrected chi connectivity index (χ2v) is 8.88. The van der Waals surface area contributed by atoms with Crippen molar-refractivity contribution in [1.82, 2.24) is 4.57 Å². The third kappa shape index (κ3) is 6.00. The molecule has 0 saturated heterocycles. The van der Waals surface area contributed by atoms with Crippen molar-refractivity contribution in [3.63, 3.8) is 0 Å². The van der Waals surface area contributed by atoms with E-state index in [1.165, 1.54) is 22.0 Å². The van der Waals surface area contributed by atoms with E-state index in [-0.39, 0.29) is 0 Å². The van der Waals surface area contributed by atoms with Crippen LogP contribution in [0.1, 0.15) is 40.0 Å². The molecule has 25 heavy (non-hydrogen) atoms. The van der Waals surface area contributed by atoms with Gasteiger partial charge in [0.15, 0.2) is 0 Å². The minimum atomic E-state index is -3.97. The lowest BCUT2D eigenvalue weighted by molar-refractivity contribution is 0.360. The highest BCUT2D eigenvalue weighted by Crippen LogP contribution is 2.42. The number of benzene rings is 1. The minimum absolute atomic E-state index is 0.425. The van der Waals surface area contributed by atoms with Crippen molar-refractivity contribution in [1.29, 1.82) is 0 Å². The molecule has 2 aromatic rings. The van der Waals surface area contributed by atoms with Gasteiger partial charge >= 0.3 is 7.60 Å². The molecule has 0 radical (unpaired) electrons. The molecule has 1 heterocycles. The molecule has 1 atom stereocenters. The predicted molar refractivity (Wildman–Crippen MR) is 105 cm³/mol. The van der Waals surface area contributed by atoms with E-state index in [0.29, 0.717) is 6.42 Å². The standard InChI is InChI=1S/C20H28NO3P/c1-16(11-12-18(3)25(22,23)24)7-6-8-17(2)15-21-14-13-19-9-4-5-10-20(19)21/h4-5,8-11,13-14,18H,6-7,12,15H2,1-3H3,(H2,22,23,24)/b16-11+,17-8+. The number of hydrogen-bond acceptors (Lipinski definition) is 1. The van der Waals surface area contributed by atoms with Gasteiger partial charge < -0.3 is 14.4 Å². The van der Waals surface area contributed by atoms with E-state index >= 15 is 0 Å². The summed E-state index contributed by atoms with van der Waals surface area (Å²) in [6.07, 6.45) is 8.60. The number of allylic oxidation sites excluding steroid dienone is 4. The van der Waals surface area contributed by atoms with Crippen molar-refractivity contribution in [3.05, 3.63) is 59.8 Å². The molecule has 1 unspecified atom stereocenters. The highest BCUT2D eigenvalue weighted by Gasteiger charge is 2.22. The Hall–Kier alpha value is -1.61. The zero-order chi connectivity index (χ0) is 18.4. The molecule has 2 rings (SSSR count). The lowest BCUT2D eigenvalue weighted by Gasteiger charge is -2.11. The molecule has 5 heteroatoms. The molecule has 0 aliphatic rings. The monoisotopic (exact) mass is 361 g/mol. The highest BCUT2D eigenvalue weighted by molar-refractivity contribution is 7.52. The molecule has 4 nitrogen and oxygen atoms in total. The SMILES string of the molecule is C/C(=C\CC(C)P(=O)(O)O)CC/C=C(\C)Cn1ccc2ccccc21. The van der Waals surface area contributed by atoms with Crippen LogP contribution in [0.2, 0.25) is 0 Å². The Morgan fingerprint density at radius 1 is 1.16 bits per heavy atom. The van der Waals surface area contributed by atoms with Crippen molar-refractivity contribution in [2.45, 2.75) is 52.2 Å². The Morgan fingerprint density at radius 3 is 2.60 bits per heavy atom. The zero-order valence-electron chi connectivity index (χ0n) is 15.2. The van der Waals surface area contributed by atoms with Crippen LogP contribution in [0.3, 0.4) is 0 Å². The molecule has 1 aromatic heterocycles. The van der Waals surface area contributed by atoms with Crippen LogP contribution in [0, 0.1) is 0 Å². The van der Waals surface area contributed by atoms with Crippen LogP contribution in [-0.2, 0) is 11.1 Å². The largest absolute Gasteiger partial charge is 0.343 e. The van der Waals surface area contributed by atoms with E-state index in [4.69, 9.17) is 9.79 Å². The molecule has 0 bridgehead atoms. The summed E-state index contributed by atoms with van der Waals surface area (Å²) in [6.45, 7) is 6.64. The lowest BCUT2D eigenvalue weighted by atomic mass is 10.1. The van der Waals surface area contributed by atoms with E-state index in [1.807, 2.05) is 13.0 Å². The first-order valence-corrected chi connectivity index (χ1v) is 10.4. The quantitative estimate of drug-likeness (QED) is 0.497. The van der Waals surface area contributed by atoms with Gasteiger partial charge in [0.25, 0.3) is 0 Å². The van der Waals surface area contributed by atoms with Crippen LogP contribution in [0.5, 0.6) is 0 Å². The fraction of sp³-hybridized carbons (Fsp3) is 0.400. The van der Waals surface area contributed by atoms with E-state index in [9.17, 15) is 4.57 Å². The fourth-order valence-electron chi connectivity index (χ4n) is 2.77. The molecule has 0 aliphatic carbocycles. The Balaban J connectivity index is 1.86. The van der Waals surface area contributed by atoms with E-state index in [2.05, 4.69) is 54.1 Å². The van der Waals surface area contributed by atoms with Gasteiger partial charge in [-0.15, -0.1) is 0 Å². The average molecular weight is 361 g/mol. The maximum absolute atomic E-state index is 11.1. The number of hydrogen-bond donors (Lipinski definition) is 2. The summed E-state index contributed by atoms with van der Waals surface area (Å²) in [6, 6.07) is 10.5. The highest BCUT2D eigenvalue weighted by atomic mass is 31.2. The maximum Gasteiger partial charge on any atom is 0.328 e. The van der Waals surface area contributed by atoms with Crippen molar-refractivity contribution in [3.8, 4) is 0 Å². The van der Waals surface area contributed by atoms with Gasteiger partial charge in [-0.05, 0) is 50.6 Å². The Bertz CT molecular complexity index is 813. The summed E-state index contributed by atoms with van der Waals surface area (Å²) in [5.41, 5.74) is 3.13. The number of fused-ring (bicyclic) bond motifs is 1. The number of nitrogens with zero attached hydrogens (tertiary/aromatic N) is 1. The molecule has 1 aromatic carbocycles. The molecule has 0 aliphatic heterocycles. The van der Waals surface area contributed by atoms with Crippen molar-refractivity contribution >= 4 is 18.5 Å². The average Bonchev–Trinajstić information content (AvgIpc) is 2.95. The molecular weight excluding hydrogens is 333 g/mol. The number of rotatable bonds is 8. The summed E-state index contributed by atoms with van der Waals surface area (Å²) >= 11 is 0. The van der Waals surface area contributed by atoms with Gasteiger partial charge in [0.1, 0.15) is 0 Å². The molecule has 0 fully saturated rings.